The third-order valence-corrected chi connectivity index (χ3v) is 3.33. The van der Waals surface area contributed by atoms with E-state index in [2.05, 4.69) is 15.4 Å². The summed E-state index contributed by atoms with van der Waals surface area (Å²) in [7, 11) is 0. The van der Waals surface area contributed by atoms with Gasteiger partial charge in [-0.05, 0) is 6.92 Å². The minimum absolute atomic E-state index is 0.0440. The molecule has 0 aliphatic carbocycles. The number of hydrogen-bond donors (Lipinski definition) is 1. The molecule has 0 atom stereocenters. The fourth-order valence-electron chi connectivity index (χ4n) is 2.12. The quantitative estimate of drug-likeness (QED) is 0.771. The molecule has 1 saturated heterocycles. The lowest BCUT2D eigenvalue weighted by Gasteiger charge is -2.34. The number of urea groups is 1. The van der Waals surface area contributed by atoms with E-state index < -0.39 is 0 Å². The number of nitrogens with zero attached hydrogens (tertiary/aromatic N) is 3. The number of aromatic nitrogens is 1. The Balaban J connectivity index is 1.64. The Kier molecular flexibility index (Phi) is 5.82. The third kappa shape index (κ3) is 4.50. The van der Waals surface area contributed by atoms with Gasteiger partial charge in [-0.2, -0.15) is 0 Å². The molecule has 2 rings (SSSR count). The first-order valence-electron chi connectivity index (χ1n) is 7.01. The van der Waals surface area contributed by atoms with E-state index in [1.807, 2.05) is 11.8 Å². The van der Waals surface area contributed by atoms with Crippen LogP contribution in [0, 0.1) is 0 Å². The van der Waals surface area contributed by atoms with Gasteiger partial charge in [0.1, 0.15) is 12.0 Å². The van der Waals surface area contributed by atoms with Crippen molar-refractivity contribution in [3.05, 3.63) is 18.0 Å². The molecule has 0 aromatic carbocycles. The van der Waals surface area contributed by atoms with Crippen molar-refractivity contribution in [3.63, 3.8) is 0 Å². The SMILES string of the molecule is CCOCCN1CCN(C(=O)NCc2ccon2)CC1. The maximum atomic E-state index is 12.0. The topological polar surface area (TPSA) is 70.8 Å². The molecular weight excluding hydrogens is 260 g/mol. The van der Waals surface area contributed by atoms with Crippen molar-refractivity contribution in [2.24, 2.45) is 0 Å². The summed E-state index contributed by atoms with van der Waals surface area (Å²) in [5.41, 5.74) is 0.730. The van der Waals surface area contributed by atoms with Crippen LogP contribution in [0.25, 0.3) is 0 Å². The smallest absolute Gasteiger partial charge is 0.317 e. The molecule has 20 heavy (non-hydrogen) atoms. The van der Waals surface area contributed by atoms with Crippen molar-refractivity contribution in [2.75, 3.05) is 45.9 Å². The standard InChI is InChI=1S/C13H22N4O3/c1-2-19-10-8-16-4-6-17(7-5-16)13(18)14-11-12-3-9-20-15-12/h3,9H,2,4-8,10-11H2,1H3,(H,14,18). The van der Waals surface area contributed by atoms with E-state index in [1.54, 1.807) is 6.07 Å². The van der Waals surface area contributed by atoms with Gasteiger partial charge in [0, 0.05) is 45.4 Å². The number of rotatable bonds is 6. The zero-order valence-corrected chi connectivity index (χ0v) is 11.9. The van der Waals surface area contributed by atoms with Gasteiger partial charge in [0.05, 0.1) is 13.2 Å². The minimum atomic E-state index is -0.0440. The lowest BCUT2D eigenvalue weighted by Crippen LogP contribution is -2.52. The van der Waals surface area contributed by atoms with Crippen LogP contribution in [-0.2, 0) is 11.3 Å². The molecule has 1 aromatic rings. The average molecular weight is 282 g/mol. The molecule has 0 unspecified atom stereocenters. The van der Waals surface area contributed by atoms with E-state index in [4.69, 9.17) is 9.26 Å². The summed E-state index contributed by atoms with van der Waals surface area (Å²) in [6.07, 6.45) is 1.50. The van der Waals surface area contributed by atoms with Crippen molar-refractivity contribution in [2.45, 2.75) is 13.5 Å². The van der Waals surface area contributed by atoms with Crippen LogP contribution in [0.1, 0.15) is 12.6 Å². The van der Waals surface area contributed by atoms with Gasteiger partial charge in [-0.1, -0.05) is 5.16 Å². The molecule has 1 aliphatic heterocycles. The van der Waals surface area contributed by atoms with Gasteiger partial charge in [-0.15, -0.1) is 0 Å². The van der Waals surface area contributed by atoms with Gasteiger partial charge < -0.3 is 19.5 Å². The van der Waals surface area contributed by atoms with Crippen molar-refractivity contribution >= 4 is 6.03 Å². The normalized spacial score (nSPS) is 16.4. The van der Waals surface area contributed by atoms with Crippen molar-refractivity contribution in [1.29, 1.82) is 0 Å². The Morgan fingerprint density at radius 3 is 2.90 bits per heavy atom. The zero-order chi connectivity index (χ0) is 14.2. The molecule has 0 spiro atoms. The fourth-order valence-corrected chi connectivity index (χ4v) is 2.12. The molecule has 2 heterocycles. The fraction of sp³-hybridized carbons (Fsp3) is 0.692. The second-order valence-electron chi connectivity index (χ2n) is 4.68. The first-order chi connectivity index (χ1) is 9.79. The lowest BCUT2D eigenvalue weighted by atomic mass is 10.3. The maximum Gasteiger partial charge on any atom is 0.317 e. The Hall–Kier alpha value is -1.60. The molecule has 1 N–H and O–H groups in total. The van der Waals surface area contributed by atoms with E-state index in [0.717, 1.165) is 51.6 Å². The van der Waals surface area contributed by atoms with E-state index >= 15 is 0 Å². The summed E-state index contributed by atoms with van der Waals surface area (Å²) in [5, 5.41) is 6.60. The molecule has 0 bridgehead atoms. The van der Waals surface area contributed by atoms with Crippen LogP contribution >= 0.6 is 0 Å². The predicted molar refractivity (Wildman–Crippen MR) is 73.2 cm³/mol. The summed E-state index contributed by atoms with van der Waals surface area (Å²) in [4.78, 5) is 16.1. The van der Waals surface area contributed by atoms with Gasteiger partial charge >= 0.3 is 6.03 Å². The van der Waals surface area contributed by atoms with Gasteiger partial charge in [0.15, 0.2) is 0 Å². The Morgan fingerprint density at radius 2 is 2.25 bits per heavy atom. The van der Waals surface area contributed by atoms with Crippen molar-refractivity contribution < 1.29 is 14.1 Å². The summed E-state index contributed by atoms with van der Waals surface area (Å²) in [6, 6.07) is 1.70. The van der Waals surface area contributed by atoms with Crippen LogP contribution in [0.3, 0.4) is 0 Å². The van der Waals surface area contributed by atoms with Crippen LogP contribution in [0.4, 0.5) is 4.79 Å². The molecule has 2 amide bonds. The lowest BCUT2D eigenvalue weighted by molar-refractivity contribution is 0.0880. The second-order valence-corrected chi connectivity index (χ2v) is 4.68. The number of nitrogens with one attached hydrogen (secondary N) is 1. The molecule has 7 heteroatoms. The maximum absolute atomic E-state index is 12.0. The molecule has 112 valence electrons. The number of carbonyl (C=O) groups is 1. The largest absolute Gasteiger partial charge is 0.380 e. The number of carbonyl (C=O) groups excluding carboxylic acids is 1. The highest BCUT2D eigenvalue weighted by Gasteiger charge is 2.20. The van der Waals surface area contributed by atoms with Crippen molar-refractivity contribution in [3.8, 4) is 0 Å². The zero-order valence-electron chi connectivity index (χ0n) is 11.9. The Bertz CT molecular complexity index is 388. The Labute approximate surface area is 118 Å². The second kappa shape index (κ2) is 7.86. The van der Waals surface area contributed by atoms with Crippen LogP contribution in [0.5, 0.6) is 0 Å². The average Bonchev–Trinajstić information content (AvgIpc) is 2.99. The van der Waals surface area contributed by atoms with Crippen molar-refractivity contribution in [1.82, 2.24) is 20.3 Å². The highest BCUT2D eigenvalue weighted by molar-refractivity contribution is 5.74. The minimum Gasteiger partial charge on any atom is -0.380 e. The summed E-state index contributed by atoms with van der Waals surface area (Å²) >= 11 is 0. The van der Waals surface area contributed by atoms with Gasteiger partial charge in [0.25, 0.3) is 0 Å². The van der Waals surface area contributed by atoms with Crippen LogP contribution < -0.4 is 5.32 Å². The summed E-state index contributed by atoms with van der Waals surface area (Å²) in [6.45, 7) is 8.13. The number of hydrogen-bond acceptors (Lipinski definition) is 5. The predicted octanol–water partition coefficient (Wildman–Crippen LogP) is 0.538. The van der Waals surface area contributed by atoms with Gasteiger partial charge in [0.2, 0.25) is 0 Å². The van der Waals surface area contributed by atoms with Crippen LogP contribution in [0.2, 0.25) is 0 Å². The van der Waals surface area contributed by atoms with E-state index in [9.17, 15) is 4.79 Å². The van der Waals surface area contributed by atoms with Crippen LogP contribution in [-0.4, -0.2) is 66.9 Å². The highest BCUT2D eigenvalue weighted by Crippen LogP contribution is 2.02. The molecule has 0 radical (unpaired) electrons. The number of ether oxygens (including phenoxy) is 1. The molecule has 1 aromatic heterocycles. The molecule has 7 nitrogen and oxygen atoms in total. The first-order valence-corrected chi connectivity index (χ1v) is 7.01. The van der Waals surface area contributed by atoms with Gasteiger partial charge in [-0.25, -0.2) is 4.79 Å². The molecular formula is C13H22N4O3. The summed E-state index contributed by atoms with van der Waals surface area (Å²) in [5.74, 6) is 0. The first kappa shape index (κ1) is 14.8. The van der Waals surface area contributed by atoms with E-state index in [-0.39, 0.29) is 6.03 Å². The Morgan fingerprint density at radius 1 is 1.45 bits per heavy atom. The monoisotopic (exact) mass is 282 g/mol. The van der Waals surface area contributed by atoms with E-state index in [0.29, 0.717) is 6.54 Å². The molecule has 0 saturated carbocycles. The third-order valence-electron chi connectivity index (χ3n) is 3.33. The number of amides is 2. The van der Waals surface area contributed by atoms with Crippen LogP contribution in [0.15, 0.2) is 16.9 Å². The summed E-state index contributed by atoms with van der Waals surface area (Å²) < 4.78 is 10.1. The number of piperazine rings is 1. The van der Waals surface area contributed by atoms with E-state index in [1.165, 1.54) is 6.26 Å². The molecule has 1 aliphatic rings. The molecule has 1 fully saturated rings. The van der Waals surface area contributed by atoms with Gasteiger partial charge in [-0.3, -0.25) is 4.90 Å². The highest BCUT2D eigenvalue weighted by atomic mass is 16.5.